The van der Waals surface area contributed by atoms with E-state index in [9.17, 15) is 8.78 Å². The smallest absolute Gasteiger partial charge is 0.387 e. The first kappa shape index (κ1) is 15.7. The molecule has 0 saturated heterocycles. The Morgan fingerprint density at radius 1 is 1.19 bits per heavy atom. The molecule has 2 rings (SSSR count). The van der Waals surface area contributed by atoms with Crippen molar-refractivity contribution < 1.29 is 18.3 Å². The Kier molecular flexibility index (Phi) is 5.95. The van der Waals surface area contributed by atoms with Crippen LogP contribution in [0.2, 0.25) is 0 Å². The predicted molar refractivity (Wildman–Crippen MR) is 79.4 cm³/mol. The van der Waals surface area contributed by atoms with Crippen LogP contribution in [0, 0.1) is 0 Å². The molecule has 0 aliphatic carbocycles. The molecule has 0 amide bonds. The molecule has 0 aliphatic rings. The van der Waals surface area contributed by atoms with Gasteiger partial charge >= 0.3 is 6.61 Å². The zero-order chi connectivity index (χ0) is 15.1. The first-order valence-corrected chi connectivity index (χ1v) is 7.47. The van der Waals surface area contributed by atoms with Crippen molar-refractivity contribution in [2.75, 3.05) is 13.7 Å². The zero-order valence-electron chi connectivity index (χ0n) is 11.6. The number of alkyl halides is 2. The molecule has 0 radical (unpaired) electrons. The fraction of sp³-hybridized carbons (Fsp3) is 0.333. The molecule has 3 nitrogen and oxygen atoms in total. The van der Waals surface area contributed by atoms with Crippen LogP contribution >= 0.6 is 11.3 Å². The maximum atomic E-state index is 12.3. The molecule has 0 atom stereocenters. The van der Waals surface area contributed by atoms with Crippen molar-refractivity contribution in [3.8, 4) is 11.5 Å². The van der Waals surface area contributed by atoms with Gasteiger partial charge in [0, 0.05) is 6.54 Å². The van der Waals surface area contributed by atoms with E-state index in [2.05, 4.69) is 21.5 Å². The summed E-state index contributed by atoms with van der Waals surface area (Å²) in [4.78, 5) is 0. The van der Waals surface area contributed by atoms with Crippen LogP contribution < -0.4 is 14.8 Å². The number of ether oxygens (including phenoxy) is 2. The largest absolute Gasteiger partial charge is 0.493 e. The Bertz CT molecular complexity index is 547. The van der Waals surface area contributed by atoms with E-state index in [4.69, 9.17) is 4.74 Å². The van der Waals surface area contributed by atoms with Crippen molar-refractivity contribution >= 4 is 11.3 Å². The summed E-state index contributed by atoms with van der Waals surface area (Å²) in [6, 6.07) is 7.12. The van der Waals surface area contributed by atoms with Gasteiger partial charge in [-0.05, 0) is 53.1 Å². The second-order valence-electron chi connectivity index (χ2n) is 4.42. The van der Waals surface area contributed by atoms with Crippen molar-refractivity contribution in [2.24, 2.45) is 0 Å². The van der Waals surface area contributed by atoms with Crippen molar-refractivity contribution in [1.29, 1.82) is 0 Å². The predicted octanol–water partition coefficient (Wildman–Crippen LogP) is 3.69. The lowest BCUT2D eigenvalue weighted by Gasteiger charge is -2.12. The summed E-state index contributed by atoms with van der Waals surface area (Å²) in [6.45, 7) is -1.44. The maximum absolute atomic E-state index is 12.3. The van der Waals surface area contributed by atoms with Gasteiger partial charge in [0.2, 0.25) is 0 Å². The molecule has 0 aliphatic heterocycles. The molecule has 0 saturated carbocycles. The normalized spacial score (nSPS) is 10.9. The van der Waals surface area contributed by atoms with Crippen LogP contribution in [0.25, 0.3) is 0 Å². The fourth-order valence-corrected chi connectivity index (χ4v) is 2.62. The lowest BCUT2D eigenvalue weighted by atomic mass is 10.2. The second-order valence-corrected chi connectivity index (χ2v) is 5.20. The highest BCUT2D eigenvalue weighted by molar-refractivity contribution is 7.07. The molecule has 1 heterocycles. The van der Waals surface area contributed by atoms with Gasteiger partial charge in [-0.1, -0.05) is 6.07 Å². The van der Waals surface area contributed by atoms with E-state index in [-0.39, 0.29) is 5.75 Å². The summed E-state index contributed by atoms with van der Waals surface area (Å²) < 4.78 is 34.1. The zero-order valence-corrected chi connectivity index (χ0v) is 12.5. The van der Waals surface area contributed by atoms with Crippen molar-refractivity contribution in [3.05, 3.63) is 46.2 Å². The SMILES string of the molecule is COc1ccc(CNCCc2ccsc2)cc1OC(F)F. The third-order valence-electron chi connectivity index (χ3n) is 2.94. The fourth-order valence-electron chi connectivity index (χ4n) is 1.92. The van der Waals surface area contributed by atoms with Gasteiger partial charge in [-0.2, -0.15) is 20.1 Å². The van der Waals surface area contributed by atoms with Crippen molar-refractivity contribution in [3.63, 3.8) is 0 Å². The van der Waals surface area contributed by atoms with Gasteiger partial charge in [-0.25, -0.2) is 0 Å². The number of methoxy groups -OCH3 is 1. The molecule has 1 aromatic heterocycles. The Labute approximate surface area is 126 Å². The van der Waals surface area contributed by atoms with E-state index < -0.39 is 6.61 Å². The van der Waals surface area contributed by atoms with Gasteiger partial charge in [0.25, 0.3) is 0 Å². The third kappa shape index (κ3) is 4.99. The van der Waals surface area contributed by atoms with Crippen molar-refractivity contribution in [1.82, 2.24) is 5.32 Å². The van der Waals surface area contributed by atoms with Gasteiger partial charge in [-0.3, -0.25) is 0 Å². The molecule has 0 fully saturated rings. The number of nitrogens with one attached hydrogen (secondary N) is 1. The molecule has 114 valence electrons. The van der Waals surface area contributed by atoms with E-state index >= 15 is 0 Å². The molecule has 0 bridgehead atoms. The molecule has 0 spiro atoms. The Balaban J connectivity index is 1.87. The highest BCUT2D eigenvalue weighted by atomic mass is 32.1. The summed E-state index contributed by atoms with van der Waals surface area (Å²) in [5.74, 6) is 0.363. The van der Waals surface area contributed by atoms with E-state index in [0.29, 0.717) is 12.3 Å². The molecule has 1 aromatic carbocycles. The van der Waals surface area contributed by atoms with E-state index in [1.807, 2.05) is 11.4 Å². The van der Waals surface area contributed by atoms with Crippen molar-refractivity contribution in [2.45, 2.75) is 19.6 Å². The van der Waals surface area contributed by atoms with Crippen LogP contribution in [0.5, 0.6) is 11.5 Å². The molecule has 1 N–H and O–H groups in total. The van der Waals surface area contributed by atoms with Gasteiger partial charge in [0.1, 0.15) is 0 Å². The summed E-state index contributed by atoms with van der Waals surface area (Å²) in [6.07, 6.45) is 0.944. The molecule has 0 unspecified atom stereocenters. The molecular formula is C15H17F2NO2S. The monoisotopic (exact) mass is 313 g/mol. The number of rotatable bonds is 8. The average molecular weight is 313 g/mol. The summed E-state index contributed by atoms with van der Waals surface area (Å²) in [5, 5.41) is 7.44. The van der Waals surface area contributed by atoms with Crippen LogP contribution in [-0.2, 0) is 13.0 Å². The van der Waals surface area contributed by atoms with Gasteiger partial charge in [-0.15, -0.1) is 0 Å². The minimum Gasteiger partial charge on any atom is -0.493 e. The highest BCUT2D eigenvalue weighted by Gasteiger charge is 2.11. The van der Waals surface area contributed by atoms with E-state index in [1.54, 1.807) is 23.5 Å². The van der Waals surface area contributed by atoms with Gasteiger partial charge in [0.05, 0.1) is 7.11 Å². The van der Waals surface area contributed by atoms with Crippen LogP contribution in [0.4, 0.5) is 8.78 Å². The Hall–Kier alpha value is -1.66. The number of thiophene rings is 1. The topological polar surface area (TPSA) is 30.5 Å². The molecule has 6 heteroatoms. The minimum atomic E-state index is -2.86. The first-order chi connectivity index (χ1) is 10.2. The summed E-state index contributed by atoms with van der Waals surface area (Å²) in [5.41, 5.74) is 2.17. The number of halogens is 2. The van der Waals surface area contributed by atoms with Crippen LogP contribution in [0.3, 0.4) is 0 Å². The lowest BCUT2D eigenvalue weighted by molar-refractivity contribution is -0.0512. The first-order valence-electron chi connectivity index (χ1n) is 6.52. The number of benzene rings is 1. The third-order valence-corrected chi connectivity index (χ3v) is 3.68. The maximum Gasteiger partial charge on any atom is 0.387 e. The van der Waals surface area contributed by atoms with E-state index in [1.165, 1.54) is 12.7 Å². The van der Waals surface area contributed by atoms with Crippen LogP contribution in [-0.4, -0.2) is 20.3 Å². The number of hydrogen-bond acceptors (Lipinski definition) is 4. The van der Waals surface area contributed by atoms with Crippen LogP contribution in [0.1, 0.15) is 11.1 Å². The number of hydrogen-bond donors (Lipinski definition) is 1. The lowest BCUT2D eigenvalue weighted by Crippen LogP contribution is -2.16. The molecular weight excluding hydrogens is 296 g/mol. The summed E-state index contributed by atoms with van der Waals surface area (Å²) >= 11 is 1.68. The Morgan fingerprint density at radius 2 is 2.05 bits per heavy atom. The quantitative estimate of drug-likeness (QED) is 0.754. The highest BCUT2D eigenvalue weighted by Crippen LogP contribution is 2.29. The average Bonchev–Trinajstić information content (AvgIpc) is 2.96. The Morgan fingerprint density at radius 3 is 2.71 bits per heavy atom. The van der Waals surface area contributed by atoms with Gasteiger partial charge in [0.15, 0.2) is 11.5 Å². The second kappa shape index (κ2) is 7.95. The molecule has 21 heavy (non-hydrogen) atoms. The van der Waals surface area contributed by atoms with Gasteiger partial charge < -0.3 is 14.8 Å². The summed E-state index contributed by atoms with van der Waals surface area (Å²) in [7, 11) is 1.42. The standard InChI is InChI=1S/C15H17F2NO2S/c1-19-13-3-2-12(8-14(13)20-15(16)17)9-18-6-4-11-5-7-21-10-11/h2-3,5,7-8,10,15,18H,4,6,9H2,1H3. The van der Waals surface area contributed by atoms with E-state index in [0.717, 1.165) is 18.5 Å². The molecule has 2 aromatic rings. The van der Waals surface area contributed by atoms with Crippen LogP contribution in [0.15, 0.2) is 35.0 Å². The minimum absolute atomic E-state index is 0.0598.